The lowest BCUT2D eigenvalue weighted by Gasteiger charge is -2.21. The number of carbonyl (C=O) groups is 2. The first-order valence-electron chi connectivity index (χ1n) is 7.31. The van der Waals surface area contributed by atoms with Gasteiger partial charge >= 0.3 is 11.9 Å². The van der Waals surface area contributed by atoms with Crippen molar-refractivity contribution in [2.75, 3.05) is 19.7 Å². The van der Waals surface area contributed by atoms with Crippen molar-refractivity contribution in [3.8, 4) is 0 Å². The van der Waals surface area contributed by atoms with Crippen LogP contribution in [-0.4, -0.2) is 42.6 Å². The van der Waals surface area contributed by atoms with Crippen LogP contribution in [0, 0.1) is 0 Å². The Bertz CT molecular complexity index is 474. The second-order valence-electron chi connectivity index (χ2n) is 5.03. The van der Waals surface area contributed by atoms with Crippen molar-refractivity contribution in [3.05, 3.63) is 35.9 Å². The smallest absolute Gasteiger partial charge is 0.323 e. The van der Waals surface area contributed by atoms with E-state index < -0.39 is 0 Å². The number of esters is 2. The van der Waals surface area contributed by atoms with Gasteiger partial charge in [0.05, 0.1) is 13.2 Å². The number of benzene rings is 1. The fraction of sp³-hybridized carbons (Fsp3) is 0.500. The maximum atomic E-state index is 11.9. The van der Waals surface area contributed by atoms with Gasteiger partial charge in [-0.05, 0) is 31.9 Å². The van der Waals surface area contributed by atoms with E-state index >= 15 is 0 Å². The summed E-state index contributed by atoms with van der Waals surface area (Å²) in [6.45, 7) is 3.27. The average molecular weight is 291 g/mol. The summed E-state index contributed by atoms with van der Waals surface area (Å²) in [5.41, 5.74) is 0.953. The van der Waals surface area contributed by atoms with Crippen LogP contribution in [0.2, 0.25) is 0 Å². The molecule has 1 aliphatic rings. The van der Waals surface area contributed by atoms with Gasteiger partial charge in [0.25, 0.3) is 0 Å². The molecule has 0 unspecified atom stereocenters. The van der Waals surface area contributed by atoms with Crippen molar-refractivity contribution in [2.24, 2.45) is 0 Å². The Kier molecular flexibility index (Phi) is 5.75. The van der Waals surface area contributed by atoms with Crippen molar-refractivity contribution in [3.63, 3.8) is 0 Å². The first-order valence-corrected chi connectivity index (χ1v) is 7.31. The van der Waals surface area contributed by atoms with E-state index in [0.29, 0.717) is 6.61 Å². The third-order valence-electron chi connectivity index (χ3n) is 3.50. The summed E-state index contributed by atoms with van der Waals surface area (Å²) in [6, 6.07) is 9.23. The Balaban J connectivity index is 1.80. The zero-order valence-electron chi connectivity index (χ0n) is 12.3. The van der Waals surface area contributed by atoms with Crippen LogP contribution >= 0.6 is 0 Å². The number of rotatable bonds is 6. The van der Waals surface area contributed by atoms with Gasteiger partial charge in [-0.15, -0.1) is 0 Å². The highest BCUT2D eigenvalue weighted by atomic mass is 16.5. The number of carbonyl (C=O) groups excluding carboxylic acids is 2. The Morgan fingerprint density at radius 3 is 2.71 bits per heavy atom. The summed E-state index contributed by atoms with van der Waals surface area (Å²) in [6.07, 6.45) is 1.64. The van der Waals surface area contributed by atoms with E-state index in [2.05, 4.69) is 0 Å². The fourth-order valence-corrected chi connectivity index (χ4v) is 2.47. The third kappa shape index (κ3) is 4.56. The molecule has 1 aromatic rings. The van der Waals surface area contributed by atoms with E-state index in [4.69, 9.17) is 9.47 Å². The van der Waals surface area contributed by atoms with Gasteiger partial charge in [0, 0.05) is 0 Å². The van der Waals surface area contributed by atoms with Crippen LogP contribution in [0.1, 0.15) is 25.3 Å². The van der Waals surface area contributed by atoms with Gasteiger partial charge in [-0.25, -0.2) is 0 Å². The average Bonchev–Trinajstić information content (AvgIpc) is 2.95. The van der Waals surface area contributed by atoms with Gasteiger partial charge in [0.1, 0.15) is 12.6 Å². The number of hydrogen-bond acceptors (Lipinski definition) is 5. The summed E-state index contributed by atoms with van der Waals surface area (Å²) in [5.74, 6) is -0.555. The highest BCUT2D eigenvalue weighted by Crippen LogP contribution is 2.18. The molecular weight excluding hydrogens is 270 g/mol. The predicted octanol–water partition coefficient (Wildman–Crippen LogP) is 1.76. The highest BCUT2D eigenvalue weighted by molar-refractivity contribution is 5.78. The lowest BCUT2D eigenvalue weighted by molar-refractivity contribution is -0.151. The Morgan fingerprint density at radius 1 is 1.24 bits per heavy atom. The molecule has 0 aromatic heterocycles. The molecule has 0 spiro atoms. The predicted molar refractivity (Wildman–Crippen MR) is 77.5 cm³/mol. The van der Waals surface area contributed by atoms with Crippen LogP contribution < -0.4 is 0 Å². The monoisotopic (exact) mass is 291 g/mol. The number of hydrogen-bond donors (Lipinski definition) is 0. The molecule has 0 N–H and O–H groups in total. The lowest BCUT2D eigenvalue weighted by atomic mass is 10.2. The Morgan fingerprint density at radius 2 is 2.00 bits per heavy atom. The van der Waals surface area contributed by atoms with E-state index in [0.717, 1.165) is 24.9 Å². The molecule has 5 heteroatoms. The first-order chi connectivity index (χ1) is 10.2. The normalized spacial score (nSPS) is 18.4. The van der Waals surface area contributed by atoms with E-state index in [-0.39, 0.29) is 31.1 Å². The van der Waals surface area contributed by atoms with Gasteiger partial charge in [-0.3, -0.25) is 14.5 Å². The number of likely N-dealkylation sites (tertiary alicyclic amines) is 1. The van der Waals surface area contributed by atoms with Gasteiger partial charge < -0.3 is 9.47 Å². The minimum Gasteiger partial charge on any atom is -0.465 e. The molecule has 1 atom stereocenters. The van der Waals surface area contributed by atoms with E-state index in [1.54, 1.807) is 6.92 Å². The summed E-state index contributed by atoms with van der Waals surface area (Å²) < 4.78 is 10.3. The van der Waals surface area contributed by atoms with Crippen LogP contribution in [-0.2, 0) is 25.7 Å². The second kappa shape index (κ2) is 7.78. The molecule has 1 fully saturated rings. The Labute approximate surface area is 124 Å². The molecule has 114 valence electrons. The molecule has 0 radical (unpaired) electrons. The third-order valence-corrected chi connectivity index (χ3v) is 3.50. The second-order valence-corrected chi connectivity index (χ2v) is 5.03. The van der Waals surface area contributed by atoms with Crippen molar-refractivity contribution in [2.45, 2.75) is 32.4 Å². The van der Waals surface area contributed by atoms with E-state index in [1.165, 1.54) is 0 Å². The maximum Gasteiger partial charge on any atom is 0.323 e. The topological polar surface area (TPSA) is 55.8 Å². The van der Waals surface area contributed by atoms with Gasteiger partial charge in [0.15, 0.2) is 0 Å². The largest absolute Gasteiger partial charge is 0.465 e. The van der Waals surface area contributed by atoms with Crippen LogP contribution in [0.3, 0.4) is 0 Å². The molecule has 21 heavy (non-hydrogen) atoms. The van der Waals surface area contributed by atoms with Crippen LogP contribution in [0.15, 0.2) is 30.3 Å². The molecule has 1 aliphatic heterocycles. The van der Waals surface area contributed by atoms with Crippen LogP contribution in [0.4, 0.5) is 0 Å². The molecule has 0 bridgehead atoms. The van der Waals surface area contributed by atoms with Gasteiger partial charge in [-0.2, -0.15) is 0 Å². The first kappa shape index (κ1) is 15.5. The van der Waals surface area contributed by atoms with Gasteiger partial charge in [-0.1, -0.05) is 30.3 Å². The number of nitrogens with zero attached hydrogens (tertiary/aromatic N) is 1. The maximum absolute atomic E-state index is 11.9. The van der Waals surface area contributed by atoms with Crippen molar-refractivity contribution < 1.29 is 19.1 Å². The van der Waals surface area contributed by atoms with E-state index in [9.17, 15) is 9.59 Å². The van der Waals surface area contributed by atoms with E-state index in [1.807, 2.05) is 35.2 Å². The SMILES string of the molecule is CCOC(=O)[C@@H]1CCCN1CC(=O)OCc1ccccc1. The zero-order valence-corrected chi connectivity index (χ0v) is 12.3. The van der Waals surface area contributed by atoms with Gasteiger partial charge in [0.2, 0.25) is 0 Å². The minimum atomic E-state index is -0.311. The van der Waals surface area contributed by atoms with Crippen molar-refractivity contribution in [1.29, 1.82) is 0 Å². The zero-order chi connectivity index (χ0) is 15.1. The quantitative estimate of drug-likeness (QED) is 0.748. The Hall–Kier alpha value is -1.88. The standard InChI is InChI=1S/C16H21NO4/c1-2-20-16(19)14-9-6-10-17(14)11-15(18)21-12-13-7-4-3-5-8-13/h3-5,7-8,14H,2,6,9-12H2,1H3/t14-/m0/s1. The van der Waals surface area contributed by atoms with Crippen molar-refractivity contribution in [1.82, 2.24) is 4.90 Å². The lowest BCUT2D eigenvalue weighted by Crippen LogP contribution is -2.40. The molecule has 0 amide bonds. The minimum absolute atomic E-state index is 0.135. The number of ether oxygens (including phenoxy) is 2. The molecule has 0 aliphatic carbocycles. The summed E-state index contributed by atoms with van der Waals surface area (Å²) in [5, 5.41) is 0. The highest BCUT2D eigenvalue weighted by Gasteiger charge is 2.33. The molecule has 5 nitrogen and oxygen atoms in total. The molecule has 1 saturated heterocycles. The van der Waals surface area contributed by atoms with Crippen molar-refractivity contribution >= 4 is 11.9 Å². The molecule has 1 aromatic carbocycles. The molecule has 0 saturated carbocycles. The molecule has 2 rings (SSSR count). The molecular formula is C16H21NO4. The fourth-order valence-electron chi connectivity index (χ4n) is 2.47. The summed E-state index contributed by atoms with van der Waals surface area (Å²) >= 11 is 0. The van der Waals surface area contributed by atoms with Crippen LogP contribution in [0.5, 0.6) is 0 Å². The van der Waals surface area contributed by atoms with Crippen LogP contribution in [0.25, 0.3) is 0 Å². The summed E-state index contributed by atoms with van der Waals surface area (Å²) in [4.78, 5) is 25.5. The summed E-state index contributed by atoms with van der Waals surface area (Å²) in [7, 11) is 0. The molecule has 1 heterocycles.